The molecule has 0 atom stereocenters. The van der Waals surface area contributed by atoms with Crippen molar-refractivity contribution in [2.75, 3.05) is 17.6 Å². The summed E-state index contributed by atoms with van der Waals surface area (Å²) in [5.74, 6) is -1.07. The van der Waals surface area contributed by atoms with Gasteiger partial charge in [-0.3, -0.25) is 0 Å². The Balaban J connectivity index is 2.22. The third kappa shape index (κ3) is 3.93. The largest absolute Gasteiger partial charge is 0.478 e. The molecule has 0 aromatic heterocycles. The van der Waals surface area contributed by atoms with Crippen molar-refractivity contribution < 1.29 is 18.3 Å². The molecule has 21 heavy (non-hydrogen) atoms. The summed E-state index contributed by atoms with van der Waals surface area (Å²) in [6.45, 7) is 0.437. The molecule has 0 heterocycles. The minimum atomic E-state index is -3.46. The number of aromatic carboxylic acids is 1. The summed E-state index contributed by atoms with van der Waals surface area (Å²) in [6, 6.07) is 10.4. The Labute approximate surface area is 122 Å². The Hall–Kier alpha value is -2.12. The van der Waals surface area contributed by atoms with Crippen LogP contribution in [0.4, 0.5) is 5.69 Å². The molecule has 0 unspecified atom stereocenters. The molecular weight excluding hydrogens is 292 g/mol. The van der Waals surface area contributed by atoms with Gasteiger partial charge in [-0.05, 0) is 23.9 Å². The van der Waals surface area contributed by atoms with Gasteiger partial charge in [0.05, 0.1) is 11.3 Å². The highest BCUT2D eigenvalue weighted by Gasteiger charge is 2.10. The van der Waals surface area contributed by atoms with Crippen molar-refractivity contribution in [2.24, 2.45) is 5.14 Å². The smallest absolute Gasteiger partial charge is 0.336 e. The number of hydrogen-bond acceptors (Lipinski definition) is 4. The fourth-order valence-corrected chi connectivity index (χ4v) is 2.68. The van der Waals surface area contributed by atoms with Crippen LogP contribution < -0.4 is 10.5 Å². The highest BCUT2D eigenvalue weighted by molar-refractivity contribution is 7.89. The lowest BCUT2D eigenvalue weighted by Crippen LogP contribution is -2.18. The first-order valence-electron chi connectivity index (χ1n) is 6.38. The van der Waals surface area contributed by atoms with Crippen LogP contribution in [0.3, 0.4) is 0 Å². The zero-order valence-electron chi connectivity index (χ0n) is 11.2. The van der Waals surface area contributed by atoms with Gasteiger partial charge in [-0.25, -0.2) is 18.4 Å². The zero-order valence-corrected chi connectivity index (χ0v) is 12.1. The lowest BCUT2D eigenvalue weighted by molar-refractivity contribution is 0.0699. The standard InChI is InChI=1S/C14H16N2O4S/c15-21(19,20)9-3-8-16-13-7-6-12(14(17)18)10-4-1-2-5-11(10)13/h1-2,4-7,16H,3,8-9H2,(H,17,18)(H2,15,19,20). The first kappa shape index (κ1) is 15.3. The number of carbonyl (C=O) groups is 1. The summed E-state index contributed by atoms with van der Waals surface area (Å²) >= 11 is 0. The molecule has 0 amide bonds. The van der Waals surface area contributed by atoms with Gasteiger partial charge in [-0.15, -0.1) is 0 Å². The fraction of sp³-hybridized carbons (Fsp3) is 0.214. The second kappa shape index (κ2) is 6.11. The fourth-order valence-electron chi connectivity index (χ4n) is 2.14. The predicted molar refractivity (Wildman–Crippen MR) is 82.0 cm³/mol. The maximum absolute atomic E-state index is 11.2. The molecule has 0 saturated carbocycles. The van der Waals surface area contributed by atoms with Gasteiger partial charge in [0, 0.05) is 17.6 Å². The van der Waals surface area contributed by atoms with Crippen LogP contribution in [0, 0.1) is 0 Å². The first-order valence-corrected chi connectivity index (χ1v) is 8.09. The number of rotatable bonds is 6. The van der Waals surface area contributed by atoms with Crippen molar-refractivity contribution in [3.05, 3.63) is 42.0 Å². The number of nitrogens with one attached hydrogen (secondary N) is 1. The van der Waals surface area contributed by atoms with E-state index in [0.717, 1.165) is 11.1 Å². The molecule has 0 radical (unpaired) electrons. The topological polar surface area (TPSA) is 109 Å². The van der Waals surface area contributed by atoms with Crippen LogP contribution >= 0.6 is 0 Å². The Morgan fingerprint density at radius 2 is 1.81 bits per heavy atom. The Morgan fingerprint density at radius 1 is 1.14 bits per heavy atom. The van der Waals surface area contributed by atoms with Gasteiger partial charge >= 0.3 is 5.97 Å². The maximum atomic E-state index is 11.2. The normalized spacial score (nSPS) is 11.5. The summed E-state index contributed by atoms with van der Waals surface area (Å²) < 4.78 is 21.7. The molecule has 2 rings (SSSR count). The van der Waals surface area contributed by atoms with Crippen molar-refractivity contribution >= 4 is 32.5 Å². The molecule has 0 aliphatic carbocycles. The van der Waals surface area contributed by atoms with E-state index < -0.39 is 16.0 Å². The van der Waals surface area contributed by atoms with Crippen LogP contribution in [0.25, 0.3) is 10.8 Å². The lowest BCUT2D eigenvalue weighted by atomic mass is 10.0. The number of fused-ring (bicyclic) bond motifs is 1. The summed E-state index contributed by atoms with van der Waals surface area (Å²) in [4.78, 5) is 11.2. The maximum Gasteiger partial charge on any atom is 0.336 e. The molecule has 2 aromatic carbocycles. The van der Waals surface area contributed by atoms with Gasteiger partial charge < -0.3 is 10.4 Å². The number of primary sulfonamides is 1. The Morgan fingerprint density at radius 3 is 2.43 bits per heavy atom. The zero-order chi connectivity index (χ0) is 15.5. The number of anilines is 1. The molecule has 0 aliphatic heterocycles. The highest BCUT2D eigenvalue weighted by Crippen LogP contribution is 2.26. The van der Waals surface area contributed by atoms with Gasteiger partial charge in [0.25, 0.3) is 0 Å². The second-order valence-corrected chi connectivity index (χ2v) is 6.39. The van der Waals surface area contributed by atoms with E-state index in [1.54, 1.807) is 18.2 Å². The van der Waals surface area contributed by atoms with Crippen LogP contribution in [0.15, 0.2) is 36.4 Å². The van der Waals surface area contributed by atoms with Gasteiger partial charge in [0.2, 0.25) is 10.0 Å². The number of hydrogen-bond donors (Lipinski definition) is 3. The van der Waals surface area contributed by atoms with E-state index in [1.807, 2.05) is 12.1 Å². The third-order valence-electron chi connectivity index (χ3n) is 3.08. The van der Waals surface area contributed by atoms with Crippen molar-refractivity contribution in [1.29, 1.82) is 0 Å². The third-order valence-corrected chi connectivity index (χ3v) is 3.93. The van der Waals surface area contributed by atoms with Crippen molar-refractivity contribution in [1.82, 2.24) is 0 Å². The number of benzene rings is 2. The van der Waals surface area contributed by atoms with Crippen LogP contribution in [-0.4, -0.2) is 31.8 Å². The molecular formula is C14H16N2O4S. The van der Waals surface area contributed by atoms with E-state index in [9.17, 15) is 18.3 Å². The SMILES string of the molecule is NS(=O)(=O)CCCNc1ccc(C(=O)O)c2ccccc12. The van der Waals surface area contributed by atoms with Gasteiger partial charge in [0.15, 0.2) is 0 Å². The molecule has 0 spiro atoms. The Bertz CT molecular complexity index is 772. The van der Waals surface area contributed by atoms with Crippen molar-refractivity contribution in [2.45, 2.75) is 6.42 Å². The number of carboxylic acid groups (broad SMARTS) is 1. The van der Waals surface area contributed by atoms with Crippen LogP contribution in [-0.2, 0) is 10.0 Å². The summed E-state index contributed by atoms with van der Waals surface area (Å²) in [5.41, 5.74) is 1.01. The second-order valence-electron chi connectivity index (χ2n) is 4.66. The minimum Gasteiger partial charge on any atom is -0.478 e. The molecule has 6 nitrogen and oxygen atoms in total. The minimum absolute atomic E-state index is 0.0921. The van der Waals surface area contributed by atoms with E-state index in [2.05, 4.69) is 5.32 Å². The average Bonchev–Trinajstić information content (AvgIpc) is 2.42. The molecule has 2 aromatic rings. The average molecular weight is 308 g/mol. The van der Waals surface area contributed by atoms with Crippen LogP contribution in [0.1, 0.15) is 16.8 Å². The molecule has 0 fully saturated rings. The van der Waals surface area contributed by atoms with E-state index >= 15 is 0 Å². The lowest BCUT2D eigenvalue weighted by Gasteiger charge is -2.11. The van der Waals surface area contributed by atoms with Gasteiger partial charge in [-0.2, -0.15) is 0 Å². The molecule has 112 valence electrons. The van der Waals surface area contributed by atoms with E-state index in [0.29, 0.717) is 18.4 Å². The monoisotopic (exact) mass is 308 g/mol. The van der Waals surface area contributed by atoms with Crippen molar-refractivity contribution in [3.8, 4) is 0 Å². The Kier molecular flexibility index (Phi) is 4.44. The summed E-state index contributed by atoms with van der Waals surface area (Å²) in [6.07, 6.45) is 0.383. The van der Waals surface area contributed by atoms with Crippen LogP contribution in [0.5, 0.6) is 0 Å². The molecule has 0 aliphatic rings. The molecule has 7 heteroatoms. The van der Waals surface area contributed by atoms with Crippen molar-refractivity contribution in [3.63, 3.8) is 0 Å². The van der Waals surface area contributed by atoms with Gasteiger partial charge in [-0.1, -0.05) is 24.3 Å². The molecule has 0 bridgehead atoms. The predicted octanol–water partition coefficient (Wildman–Crippen LogP) is 1.63. The highest BCUT2D eigenvalue weighted by atomic mass is 32.2. The number of carboxylic acids is 1. The van der Waals surface area contributed by atoms with E-state index in [4.69, 9.17) is 5.14 Å². The van der Waals surface area contributed by atoms with E-state index in [1.165, 1.54) is 6.07 Å². The first-order chi connectivity index (χ1) is 9.88. The number of sulfonamides is 1. The molecule has 4 N–H and O–H groups in total. The van der Waals surface area contributed by atoms with Crippen LogP contribution in [0.2, 0.25) is 0 Å². The summed E-state index contributed by atoms with van der Waals surface area (Å²) in [7, 11) is -3.46. The quantitative estimate of drug-likeness (QED) is 0.703. The molecule has 0 saturated heterocycles. The van der Waals surface area contributed by atoms with E-state index in [-0.39, 0.29) is 11.3 Å². The van der Waals surface area contributed by atoms with Gasteiger partial charge in [0.1, 0.15) is 0 Å². The number of nitrogens with two attached hydrogens (primary N) is 1. The summed E-state index contributed by atoms with van der Waals surface area (Å²) in [5, 5.41) is 18.7.